The van der Waals surface area contributed by atoms with Crippen LogP contribution in [0.5, 0.6) is 5.75 Å². The number of aliphatic imine (C=N–C) groups is 1. The van der Waals surface area contributed by atoms with Crippen molar-refractivity contribution in [3.63, 3.8) is 0 Å². The molecule has 0 heterocycles. The van der Waals surface area contributed by atoms with E-state index in [4.69, 9.17) is 20.9 Å². The number of guanidine groups is 1. The van der Waals surface area contributed by atoms with E-state index in [-0.39, 0.29) is 37.0 Å². The van der Waals surface area contributed by atoms with Crippen molar-refractivity contribution in [2.75, 3.05) is 11.4 Å². The van der Waals surface area contributed by atoms with Gasteiger partial charge in [-0.25, -0.2) is 9.79 Å². The molecule has 1 amide bonds. The number of rotatable bonds is 10. The zero-order valence-corrected chi connectivity index (χ0v) is 21.6. The lowest BCUT2D eigenvalue weighted by atomic mass is 10.1. The number of benzene rings is 4. The van der Waals surface area contributed by atoms with Gasteiger partial charge in [-0.05, 0) is 66.2 Å². The van der Waals surface area contributed by atoms with Crippen molar-refractivity contribution < 1.29 is 23.9 Å². The van der Waals surface area contributed by atoms with Crippen molar-refractivity contribution in [2.45, 2.75) is 13.0 Å². The quantitative estimate of drug-likeness (QED) is 0.131. The molecular formula is C31H28N4O5. The molecule has 9 heteroatoms. The van der Waals surface area contributed by atoms with Crippen LogP contribution in [-0.4, -0.2) is 30.4 Å². The number of hydrogen-bond acceptors (Lipinski definition) is 6. The molecule has 4 aromatic rings. The Labute approximate surface area is 231 Å². The predicted molar refractivity (Wildman–Crippen MR) is 152 cm³/mol. The van der Waals surface area contributed by atoms with Gasteiger partial charge in [-0.3, -0.25) is 9.59 Å². The first-order valence-corrected chi connectivity index (χ1v) is 12.5. The third-order valence-corrected chi connectivity index (χ3v) is 5.77. The zero-order valence-electron chi connectivity index (χ0n) is 21.6. The van der Waals surface area contributed by atoms with Gasteiger partial charge in [0.2, 0.25) is 0 Å². The molecular weight excluding hydrogens is 508 g/mol. The van der Waals surface area contributed by atoms with E-state index in [0.717, 1.165) is 5.56 Å². The van der Waals surface area contributed by atoms with Crippen LogP contribution in [0.25, 0.3) is 0 Å². The minimum Gasteiger partial charge on any atom is -0.461 e. The number of nitrogens with two attached hydrogens (primary N) is 2. The first-order valence-electron chi connectivity index (χ1n) is 12.5. The summed E-state index contributed by atoms with van der Waals surface area (Å²) in [6.45, 7) is 0.285. The summed E-state index contributed by atoms with van der Waals surface area (Å²) in [5.41, 5.74) is 13.4. The summed E-state index contributed by atoms with van der Waals surface area (Å²) in [5, 5.41) is 0. The second kappa shape index (κ2) is 13.4. The highest BCUT2D eigenvalue weighted by molar-refractivity contribution is 6.06. The minimum absolute atomic E-state index is 0.0137. The van der Waals surface area contributed by atoms with Crippen LogP contribution in [0.1, 0.15) is 32.7 Å². The van der Waals surface area contributed by atoms with E-state index < -0.39 is 11.9 Å². The monoisotopic (exact) mass is 536 g/mol. The third-order valence-electron chi connectivity index (χ3n) is 5.77. The number of anilines is 1. The second-order valence-electron chi connectivity index (χ2n) is 8.69. The number of carbonyl (C=O) groups is 3. The smallest absolute Gasteiger partial charge is 0.343 e. The topological polar surface area (TPSA) is 137 Å². The number of hydrogen-bond donors (Lipinski definition) is 2. The minimum atomic E-state index is -0.588. The number of amides is 1. The van der Waals surface area contributed by atoms with Crippen molar-refractivity contribution in [1.82, 2.24) is 0 Å². The standard InChI is InChI=1S/C31H28N4O5/c32-31(33)34-25-15-17-27(18-16-25)40-30(38)24-13-11-23(12-14-24)29(37)35(26-9-5-2-6-10-26)20-19-28(36)39-21-22-7-3-1-4-8-22/h1-18H,19-21H2,(H4,32,33,34). The van der Waals surface area contributed by atoms with Crippen LogP contribution in [-0.2, 0) is 16.1 Å². The highest BCUT2D eigenvalue weighted by Gasteiger charge is 2.20. The Morgan fingerprint density at radius 1 is 0.725 bits per heavy atom. The van der Waals surface area contributed by atoms with Crippen molar-refractivity contribution in [3.8, 4) is 5.75 Å². The molecule has 0 aliphatic heterocycles. The molecule has 9 nitrogen and oxygen atoms in total. The Kier molecular flexibility index (Phi) is 9.23. The Hall–Kier alpha value is -5.44. The van der Waals surface area contributed by atoms with Gasteiger partial charge in [0.05, 0.1) is 17.7 Å². The van der Waals surface area contributed by atoms with Crippen LogP contribution in [0, 0.1) is 0 Å². The average Bonchev–Trinajstić information content (AvgIpc) is 2.98. The maximum Gasteiger partial charge on any atom is 0.343 e. The summed E-state index contributed by atoms with van der Waals surface area (Å²) < 4.78 is 10.8. The van der Waals surface area contributed by atoms with Crippen LogP contribution in [0.15, 0.2) is 114 Å². The van der Waals surface area contributed by atoms with Crippen molar-refractivity contribution in [2.24, 2.45) is 16.5 Å². The Morgan fingerprint density at radius 3 is 1.95 bits per heavy atom. The number of nitrogens with zero attached hydrogens (tertiary/aromatic N) is 2. The summed E-state index contributed by atoms with van der Waals surface area (Å²) in [4.78, 5) is 43.9. The van der Waals surface area contributed by atoms with E-state index >= 15 is 0 Å². The van der Waals surface area contributed by atoms with Gasteiger partial charge < -0.3 is 25.8 Å². The molecule has 0 unspecified atom stereocenters. The van der Waals surface area contributed by atoms with E-state index in [9.17, 15) is 14.4 Å². The molecule has 202 valence electrons. The highest BCUT2D eigenvalue weighted by atomic mass is 16.5. The molecule has 0 saturated heterocycles. The first kappa shape index (κ1) is 27.6. The van der Waals surface area contributed by atoms with Crippen LogP contribution in [0.4, 0.5) is 11.4 Å². The highest BCUT2D eigenvalue weighted by Crippen LogP contribution is 2.21. The summed E-state index contributed by atoms with van der Waals surface area (Å²) in [6, 6.07) is 30.9. The summed E-state index contributed by atoms with van der Waals surface area (Å²) >= 11 is 0. The van der Waals surface area contributed by atoms with Gasteiger partial charge >= 0.3 is 11.9 Å². The summed E-state index contributed by atoms with van der Waals surface area (Å²) in [7, 11) is 0. The Morgan fingerprint density at radius 2 is 1.32 bits per heavy atom. The number of esters is 2. The summed E-state index contributed by atoms with van der Waals surface area (Å²) in [6.07, 6.45) is 0.0137. The molecule has 4 rings (SSSR count). The van der Waals surface area contributed by atoms with Gasteiger partial charge in [0.1, 0.15) is 12.4 Å². The van der Waals surface area contributed by atoms with E-state index in [0.29, 0.717) is 22.7 Å². The largest absolute Gasteiger partial charge is 0.461 e. The van der Waals surface area contributed by atoms with E-state index in [2.05, 4.69) is 4.99 Å². The van der Waals surface area contributed by atoms with Crippen LogP contribution in [0.3, 0.4) is 0 Å². The van der Waals surface area contributed by atoms with Gasteiger partial charge in [-0.2, -0.15) is 0 Å². The fourth-order valence-corrected chi connectivity index (χ4v) is 3.78. The Bertz CT molecular complexity index is 1470. The lowest BCUT2D eigenvalue weighted by Crippen LogP contribution is -2.33. The molecule has 0 spiro atoms. The fourth-order valence-electron chi connectivity index (χ4n) is 3.78. The molecule has 0 aliphatic carbocycles. The molecule has 40 heavy (non-hydrogen) atoms. The predicted octanol–water partition coefficient (Wildman–Crippen LogP) is 4.59. The lowest BCUT2D eigenvalue weighted by molar-refractivity contribution is -0.144. The van der Waals surface area contributed by atoms with E-state index in [1.807, 2.05) is 48.5 Å². The maximum atomic E-state index is 13.4. The van der Waals surface area contributed by atoms with Crippen LogP contribution >= 0.6 is 0 Å². The number of carbonyl (C=O) groups excluding carboxylic acids is 3. The lowest BCUT2D eigenvalue weighted by Gasteiger charge is -2.23. The molecule has 0 bridgehead atoms. The van der Waals surface area contributed by atoms with Gasteiger partial charge in [0.15, 0.2) is 5.96 Å². The number of para-hydroxylation sites is 1. The van der Waals surface area contributed by atoms with Crippen molar-refractivity contribution in [3.05, 3.63) is 126 Å². The molecule has 0 saturated carbocycles. The van der Waals surface area contributed by atoms with E-state index in [1.165, 1.54) is 17.0 Å². The zero-order chi connectivity index (χ0) is 28.3. The van der Waals surface area contributed by atoms with Gasteiger partial charge in [0.25, 0.3) is 5.91 Å². The fraction of sp³-hybridized carbons (Fsp3) is 0.0968. The molecule has 0 aliphatic rings. The van der Waals surface area contributed by atoms with Crippen LogP contribution < -0.4 is 21.1 Å². The van der Waals surface area contributed by atoms with Gasteiger partial charge in [0, 0.05) is 17.8 Å². The molecule has 0 radical (unpaired) electrons. The van der Waals surface area contributed by atoms with Gasteiger partial charge in [-0.15, -0.1) is 0 Å². The molecule has 0 atom stereocenters. The molecule has 0 aromatic heterocycles. The SMILES string of the molecule is NC(N)=Nc1ccc(OC(=O)c2ccc(C(=O)N(CCC(=O)OCc3ccccc3)c3ccccc3)cc2)cc1. The second-order valence-corrected chi connectivity index (χ2v) is 8.69. The summed E-state index contributed by atoms with van der Waals surface area (Å²) in [5.74, 6) is -1.09. The van der Waals surface area contributed by atoms with Gasteiger partial charge in [-0.1, -0.05) is 48.5 Å². The number of ether oxygens (including phenoxy) is 2. The molecule has 4 N–H and O–H groups in total. The Balaban J connectivity index is 1.40. The third kappa shape index (κ3) is 7.78. The van der Waals surface area contributed by atoms with Crippen LogP contribution in [0.2, 0.25) is 0 Å². The normalized spacial score (nSPS) is 10.3. The molecule has 0 fully saturated rings. The van der Waals surface area contributed by atoms with Crippen molar-refractivity contribution >= 4 is 35.2 Å². The first-order chi connectivity index (χ1) is 19.4. The average molecular weight is 537 g/mol. The van der Waals surface area contributed by atoms with Crippen molar-refractivity contribution in [1.29, 1.82) is 0 Å². The maximum absolute atomic E-state index is 13.4. The van der Waals surface area contributed by atoms with E-state index in [1.54, 1.807) is 48.5 Å². The molecule has 4 aromatic carbocycles.